The normalized spacial score (nSPS) is 10.3. The molecule has 0 aromatic heterocycles. The van der Waals surface area contributed by atoms with E-state index in [0.29, 0.717) is 5.57 Å². The van der Waals surface area contributed by atoms with Crippen LogP contribution >= 0.6 is 0 Å². The van der Waals surface area contributed by atoms with E-state index in [1.165, 1.54) is 12.2 Å². The maximum Gasteiger partial charge on any atom is 0.271 e. The van der Waals surface area contributed by atoms with Gasteiger partial charge in [-0.25, -0.2) is 0 Å². The van der Waals surface area contributed by atoms with E-state index in [9.17, 15) is 10.1 Å². The van der Waals surface area contributed by atoms with E-state index in [1.807, 2.05) is 27.7 Å². The summed E-state index contributed by atoms with van der Waals surface area (Å²) in [5.41, 5.74) is 0.653. The third-order valence-corrected chi connectivity index (χ3v) is 1.30. The fourth-order valence-corrected chi connectivity index (χ4v) is 0.748. The van der Waals surface area contributed by atoms with Crippen LogP contribution in [0.3, 0.4) is 0 Å². The van der Waals surface area contributed by atoms with Gasteiger partial charge in [-0.3, -0.25) is 10.1 Å². The molecule has 3 heteroatoms. The highest BCUT2D eigenvalue weighted by Crippen LogP contribution is 2.10. The summed E-state index contributed by atoms with van der Waals surface area (Å²) in [4.78, 5) is 9.92. The second-order valence-electron chi connectivity index (χ2n) is 1.88. The Morgan fingerprint density at radius 2 is 1.53 bits per heavy atom. The third kappa shape index (κ3) is 8.94. The van der Waals surface area contributed by atoms with E-state index in [2.05, 4.69) is 6.58 Å². The molecule has 0 amide bonds. The molecule has 0 spiro atoms. The fraction of sp³-hybridized carbons (Fsp3) is 0.500. The summed E-state index contributed by atoms with van der Waals surface area (Å²) in [7, 11) is 0. The molecule has 0 aliphatic carbocycles. The number of hydrogen-bond donors (Lipinski definition) is 0. The highest BCUT2D eigenvalue weighted by Gasteiger charge is 2.10. The van der Waals surface area contributed by atoms with Crippen LogP contribution in [0.2, 0.25) is 0 Å². The predicted octanol–water partition coefficient (Wildman–Crippen LogP) is 4.35. The Morgan fingerprint density at radius 3 is 1.60 bits per heavy atom. The molecular weight excluding hydrogens is 190 g/mol. The van der Waals surface area contributed by atoms with Crippen LogP contribution in [0.1, 0.15) is 41.5 Å². The minimum absolute atomic E-state index is 0.0995. The van der Waals surface area contributed by atoms with Crippen molar-refractivity contribution in [1.29, 1.82) is 0 Å². The summed E-state index contributed by atoms with van der Waals surface area (Å²) in [5.74, 6) is 0. The number of nitro groups is 1. The van der Waals surface area contributed by atoms with Gasteiger partial charge in [0.05, 0.1) is 4.92 Å². The summed E-state index contributed by atoms with van der Waals surface area (Å²) >= 11 is 0. The van der Waals surface area contributed by atoms with Crippen LogP contribution in [0.5, 0.6) is 0 Å². The zero-order chi connectivity index (χ0) is 12.9. The molecule has 0 aliphatic rings. The summed E-state index contributed by atoms with van der Waals surface area (Å²) in [6.45, 7) is 14.8. The first-order valence-corrected chi connectivity index (χ1v) is 5.27. The second kappa shape index (κ2) is 15.1. The number of nitrogens with zero attached hydrogens (tertiary/aromatic N) is 1. The Morgan fingerprint density at radius 1 is 1.13 bits per heavy atom. The molecule has 0 unspecified atom stereocenters. The van der Waals surface area contributed by atoms with Crippen molar-refractivity contribution in [1.82, 2.24) is 0 Å². The molecular formula is C12H23NO2. The smallest absolute Gasteiger partial charge is 0.258 e. The van der Waals surface area contributed by atoms with Crippen LogP contribution in [0.25, 0.3) is 0 Å². The standard InChI is InChI=1S/C8H11NO2.2C2H6/c1-4-7(5-2)8(6-3)9(10)11;2*1-2/h4-6H,1H2,2-3H3;2*1-2H3/b7-5-,8-6+;;. The van der Waals surface area contributed by atoms with Gasteiger partial charge in [-0.2, -0.15) is 0 Å². The lowest BCUT2D eigenvalue weighted by atomic mass is 10.2. The van der Waals surface area contributed by atoms with E-state index < -0.39 is 4.92 Å². The first kappa shape index (κ1) is 19.2. The summed E-state index contributed by atoms with van der Waals surface area (Å²) in [6, 6.07) is 0. The minimum Gasteiger partial charge on any atom is -0.258 e. The van der Waals surface area contributed by atoms with Crippen LogP contribution in [-0.2, 0) is 0 Å². The Labute approximate surface area is 93.3 Å². The van der Waals surface area contributed by atoms with E-state index >= 15 is 0 Å². The van der Waals surface area contributed by atoms with Crippen LogP contribution in [0.4, 0.5) is 0 Å². The SMILES string of the molecule is C=CC(=C/C)/C(=C\C)[N+](=O)[O-].CC.CC. The maximum atomic E-state index is 10.3. The minimum atomic E-state index is -0.420. The zero-order valence-electron chi connectivity index (χ0n) is 10.7. The van der Waals surface area contributed by atoms with Crippen LogP contribution in [0.15, 0.2) is 36.1 Å². The molecule has 0 radical (unpaired) electrons. The van der Waals surface area contributed by atoms with Crippen LogP contribution in [-0.4, -0.2) is 4.92 Å². The molecule has 15 heavy (non-hydrogen) atoms. The molecule has 0 aromatic carbocycles. The number of hydrogen-bond acceptors (Lipinski definition) is 2. The molecule has 0 atom stereocenters. The molecule has 0 N–H and O–H groups in total. The van der Waals surface area contributed by atoms with Gasteiger partial charge < -0.3 is 0 Å². The van der Waals surface area contributed by atoms with E-state index in [0.717, 1.165) is 0 Å². The Balaban J connectivity index is -0.000000318. The maximum absolute atomic E-state index is 10.3. The molecule has 0 aliphatic heterocycles. The highest BCUT2D eigenvalue weighted by molar-refractivity contribution is 5.33. The molecule has 0 aromatic rings. The van der Waals surface area contributed by atoms with Crippen molar-refractivity contribution in [2.75, 3.05) is 0 Å². The van der Waals surface area contributed by atoms with E-state index in [-0.39, 0.29) is 5.70 Å². The van der Waals surface area contributed by atoms with Gasteiger partial charge in [0.2, 0.25) is 0 Å². The first-order chi connectivity index (χ1) is 7.17. The van der Waals surface area contributed by atoms with Gasteiger partial charge in [0.25, 0.3) is 5.70 Å². The quantitative estimate of drug-likeness (QED) is 0.397. The Kier molecular flexibility index (Phi) is 19.4. The Hall–Kier alpha value is -1.38. The van der Waals surface area contributed by atoms with Gasteiger partial charge in [0, 0.05) is 5.57 Å². The highest BCUT2D eigenvalue weighted by atomic mass is 16.6. The van der Waals surface area contributed by atoms with Gasteiger partial charge in [-0.1, -0.05) is 46.4 Å². The summed E-state index contributed by atoms with van der Waals surface area (Å²) < 4.78 is 0. The predicted molar refractivity (Wildman–Crippen MR) is 67.4 cm³/mol. The average molecular weight is 213 g/mol. The molecule has 0 saturated heterocycles. The van der Waals surface area contributed by atoms with Crippen LogP contribution < -0.4 is 0 Å². The topological polar surface area (TPSA) is 43.1 Å². The molecule has 0 saturated carbocycles. The van der Waals surface area contributed by atoms with Gasteiger partial charge in [-0.05, 0) is 19.9 Å². The fourth-order valence-electron chi connectivity index (χ4n) is 0.748. The molecule has 3 nitrogen and oxygen atoms in total. The lowest BCUT2D eigenvalue weighted by Crippen LogP contribution is -1.99. The molecule has 0 rings (SSSR count). The summed E-state index contributed by atoms with van der Waals surface area (Å²) in [6.07, 6.45) is 4.58. The van der Waals surface area contributed by atoms with Crippen molar-refractivity contribution >= 4 is 0 Å². The third-order valence-electron chi connectivity index (χ3n) is 1.30. The zero-order valence-corrected chi connectivity index (χ0v) is 10.7. The van der Waals surface area contributed by atoms with Crippen molar-refractivity contribution < 1.29 is 4.92 Å². The lowest BCUT2D eigenvalue weighted by molar-refractivity contribution is -0.420. The summed E-state index contributed by atoms with van der Waals surface area (Å²) in [5, 5.41) is 10.3. The average Bonchev–Trinajstić information content (AvgIpc) is 2.30. The molecule has 0 fully saturated rings. The van der Waals surface area contributed by atoms with Crippen LogP contribution in [0, 0.1) is 10.1 Å². The molecule has 0 heterocycles. The monoisotopic (exact) mass is 213 g/mol. The van der Waals surface area contributed by atoms with E-state index in [4.69, 9.17) is 0 Å². The van der Waals surface area contributed by atoms with Gasteiger partial charge in [0.15, 0.2) is 0 Å². The van der Waals surface area contributed by atoms with Crippen molar-refractivity contribution in [2.24, 2.45) is 0 Å². The van der Waals surface area contributed by atoms with E-state index in [1.54, 1.807) is 19.9 Å². The largest absolute Gasteiger partial charge is 0.271 e. The molecule has 0 bridgehead atoms. The second-order valence-corrected chi connectivity index (χ2v) is 1.88. The van der Waals surface area contributed by atoms with Gasteiger partial charge >= 0.3 is 0 Å². The van der Waals surface area contributed by atoms with Crippen molar-refractivity contribution in [3.63, 3.8) is 0 Å². The van der Waals surface area contributed by atoms with Crippen molar-refractivity contribution in [3.8, 4) is 0 Å². The number of rotatable bonds is 3. The number of allylic oxidation sites excluding steroid dienone is 3. The first-order valence-electron chi connectivity index (χ1n) is 5.27. The van der Waals surface area contributed by atoms with Crippen molar-refractivity contribution in [3.05, 3.63) is 46.2 Å². The molecule has 88 valence electrons. The Bertz CT molecular complexity index is 228. The van der Waals surface area contributed by atoms with Gasteiger partial charge in [-0.15, -0.1) is 0 Å². The lowest BCUT2D eigenvalue weighted by Gasteiger charge is -1.95. The van der Waals surface area contributed by atoms with Gasteiger partial charge in [0.1, 0.15) is 0 Å². The van der Waals surface area contributed by atoms with Crippen molar-refractivity contribution in [2.45, 2.75) is 41.5 Å².